The number of nitrogens with zero attached hydrogens (tertiary/aromatic N) is 2. The summed E-state index contributed by atoms with van der Waals surface area (Å²) in [6, 6.07) is 9.24. The normalized spacial score (nSPS) is 10.0. The minimum atomic E-state index is -0.105. The average molecular weight is 289 g/mol. The van der Waals surface area contributed by atoms with Gasteiger partial charge in [-0.25, -0.2) is 4.98 Å². The summed E-state index contributed by atoms with van der Waals surface area (Å²) in [4.78, 5) is 23.0. The van der Waals surface area contributed by atoms with Gasteiger partial charge in [-0.3, -0.25) is 9.78 Å². The van der Waals surface area contributed by atoms with Crippen molar-refractivity contribution >= 4 is 29.3 Å². The van der Waals surface area contributed by atoms with Crippen LogP contribution in [0, 0.1) is 0 Å². The van der Waals surface area contributed by atoms with Crippen LogP contribution in [-0.2, 0) is 6.54 Å². The summed E-state index contributed by atoms with van der Waals surface area (Å²) in [5.74, 6) is -0.105. The highest BCUT2D eigenvalue weighted by Gasteiger charge is 2.04. The van der Waals surface area contributed by atoms with Crippen LogP contribution >= 0.6 is 12.4 Å². The summed E-state index contributed by atoms with van der Waals surface area (Å²) < 4.78 is 0. The number of aromatic amines is 1. The fourth-order valence-corrected chi connectivity index (χ4v) is 1.88. The Morgan fingerprint density at radius 2 is 2.00 bits per heavy atom. The Kier molecular flexibility index (Phi) is 4.32. The van der Waals surface area contributed by atoms with E-state index in [0.29, 0.717) is 12.1 Å². The number of H-pyrrole nitrogens is 1. The molecule has 1 amide bonds. The van der Waals surface area contributed by atoms with Crippen LogP contribution in [0.3, 0.4) is 0 Å². The number of nitrogens with one attached hydrogen (secondary N) is 2. The lowest BCUT2D eigenvalue weighted by Gasteiger charge is -2.05. The standard InChI is InChI=1S/C14H12N4O.ClH/c19-14(11-3-5-15-6-4-11)16-8-10-1-2-12-13(7-10)18-9-17-12;/h1-7,9H,8H2,(H,16,19)(H,17,18);1H. The number of halogens is 1. The monoisotopic (exact) mass is 288 g/mol. The maximum absolute atomic E-state index is 11.9. The second-order valence-corrected chi connectivity index (χ2v) is 4.17. The smallest absolute Gasteiger partial charge is 0.251 e. The molecular weight excluding hydrogens is 276 g/mol. The van der Waals surface area contributed by atoms with Crippen molar-refractivity contribution in [1.82, 2.24) is 20.3 Å². The van der Waals surface area contributed by atoms with Gasteiger partial charge in [-0.15, -0.1) is 12.4 Å². The van der Waals surface area contributed by atoms with Crippen molar-refractivity contribution in [3.05, 3.63) is 60.2 Å². The number of hydrogen-bond acceptors (Lipinski definition) is 3. The number of hydrogen-bond donors (Lipinski definition) is 2. The fourth-order valence-electron chi connectivity index (χ4n) is 1.88. The first kappa shape index (κ1) is 14.0. The summed E-state index contributed by atoms with van der Waals surface area (Å²) >= 11 is 0. The molecular formula is C14H13ClN4O. The molecule has 0 aliphatic rings. The number of pyridine rings is 1. The molecule has 3 rings (SSSR count). The molecule has 0 atom stereocenters. The second-order valence-electron chi connectivity index (χ2n) is 4.17. The molecule has 0 aliphatic heterocycles. The molecule has 0 aliphatic carbocycles. The zero-order valence-electron chi connectivity index (χ0n) is 10.5. The van der Waals surface area contributed by atoms with Gasteiger partial charge >= 0.3 is 0 Å². The zero-order valence-corrected chi connectivity index (χ0v) is 11.4. The van der Waals surface area contributed by atoms with E-state index in [4.69, 9.17) is 0 Å². The Morgan fingerprint density at radius 1 is 1.20 bits per heavy atom. The molecule has 0 bridgehead atoms. The highest BCUT2D eigenvalue weighted by atomic mass is 35.5. The van der Waals surface area contributed by atoms with E-state index in [1.54, 1.807) is 30.9 Å². The molecule has 6 heteroatoms. The van der Waals surface area contributed by atoms with E-state index in [0.717, 1.165) is 16.6 Å². The topological polar surface area (TPSA) is 70.7 Å². The summed E-state index contributed by atoms with van der Waals surface area (Å²) in [6.45, 7) is 0.482. The van der Waals surface area contributed by atoms with Gasteiger partial charge < -0.3 is 10.3 Å². The van der Waals surface area contributed by atoms with Gasteiger partial charge in [0.1, 0.15) is 0 Å². The molecule has 0 unspecified atom stereocenters. The molecule has 2 heterocycles. The molecule has 2 aromatic heterocycles. The van der Waals surface area contributed by atoms with Crippen molar-refractivity contribution in [2.24, 2.45) is 0 Å². The summed E-state index contributed by atoms with van der Waals surface area (Å²) in [6.07, 6.45) is 4.86. The molecule has 1 aromatic carbocycles. The highest BCUT2D eigenvalue weighted by Crippen LogP contribution is 2.11. The Hall–Kier alpha value is -2.40. The van der Waals surface area contributed by atoms with Gasteiger partial charge in [-0.1, -0.05) is 6.07 Å². The first-order valence-electron chi connectivity index (χ1n) is 5.93. The minimum Gasteiger partial charge on any atom is -0.348 e. The maximum Gasteiger partial charge on any atom is 0.251 e. The first-order valence-corrected chi connectivity index (χ1v) is 5.93. The van der Waals surface area contributed by atoms with Crippen molar-refractivity contribution in [2.75, 3.05) is 0 Å². The Morgan fingerprint density at radius 3 is 2.80 bits per heavy atom. The van der Waals surface area contributed by atoms with Crippen LogP contribution in [0.25, 0.3) is 11.0 Å². The predicted octanol–water partition coefficient (Wildman–Crippen LogP) is 2.31. The van der Waals surface area contributed by atoms with Gasteiger partial charge in [0.25, 0.3) is 5.91 Å². The molecule has 102 valence electrons. The number of imidazole rings is 1. The average Bonchev–Trinajstić information content (AvgIpc) is 2.93. The van der Waals surface area contributed by atoms with Gasteiger partial charge in [-0.05, 0) is 29.8 Å². The quantitative estimate of drug-likeness (QED) is 0.777. The molecule has 3 aromatic rings. The van der Waals surface area contributed by atoms with Crippen molar-refractivity contribution in [2.45, 2.75) is 6.54 Å². The van der Waals surface area contributed by atoms with Crippen LogP contribution in [0.2, 0.25) is 0 Å². The molecule has 0 fully saturated rings. The Balaban J connectivity index is 0.00000147. The lowest BCUT2D eigenvalue weighted by Crippen LogP contribution is -2.22. The van der Waals surface area contributed by atoms with E-state index in [1.807, 2.05) is 18.2 Å². The van der Waals surface area contributed by atoms with Crippen LogP contribution in [0.5, 0.6) is 0 Å². The highest BCUT2D eigenvalue weighted by molar-refractivity contribution is 5.93. The molecule has 2 N–H and O–H groups in total. The van der Waals surface area contributed by atoms with E-state index in [9.17, 15) is 4.79 Å². The number of carbonyl (C=O) groups excluding carboxylic acids is 1. The molecule has 0 saturated carbocycles. The van der Waals surface area contributed by atoms with Crippen molar-refractivity contribution < 1.29 is 4.79 Å². The van der Waals surface area contributed by atoms with Gasteiger partial charge in [-0.2, -0.15) is 0 Å². The van der Waals surface area contributed by atoms with Crippen molar-refractivity contribution in [1.29, 1.82) is 0 Å². The van der Waals surface area contributed by atoms with E-state index in [2.05, 4.69) is 20.3 Å². The SMILES string of the molecule is Cl.O=C(NCc1ccc2nc[nH]c2c1)c1ccncc1. The first-order chi connectivity index (χ1) is 9.33. The largest absolute Gasteiger partial charge is 0.348 e. The zero-order chi connectivity index (χ0) is 13.1. The molecule has 0 radical (unpaired) electrons. The summed E-state index contributed by atoms with van der Waals surface area (Å²) in [5.41, 5.74) is 3.52. The number of amides is 1. The predicted molar refractivity (Wildman–Crippen MR) is 78.7 cm³/mol. The second kappa shape index (κ2) is 6.16. The van der Waals surface area contributed by atoms with Crippen molar-refractivity contribution in [3.63, 3.8) is 0 Å². The molecule has 0 saturated heterocycles. The van der Waals surface area contributed by atoms with E-state index in [-0.39, 0.29) is 18.3 Å². The number of carbonyl (C=O) groups is 1. The van der Waals surface area contributed by atoms with Gasteiger partial charge in [0.15, 0.2) is 0 Å². The number of fused-ring (bicyclic) bond motifs is 1. The van der Waals surface area contributed by atoms with Crippen LogP contribution in [0.15, 0.2) is 49.1 Å². The lowest BCUT2D eigenvalue weighted by molar-refractivity contribution is 0.0951. The van der Waals surface area contributed by atoms with E-state index < -0.39 is 0 Å². The molecule has 5 nitrogen and oxygen atoms in total. The van der Waals surface area contributed by atoms with Gasteiger partial charge in [0.05, 0.1) is 17.4 Å². The summed E-state index contributed by atoms with van der Waals surface area (Å²) in [7, 11) is 0. The maximum atomic E-state index is 11.9. The van der Waals surface area contributed by atoms with Crippen LogP contribution in [0.1, 0.15) is 15.9 Å². The van der Waals surface area contributed by atoms with Crippen LogP contribution in [-0.4, -0.2) is 20.9 Å². The van der Waals surface area contributed by atoms with Crippen molar-refractivity contribution in [3.8, 4) is 0 Å². The molecule has 0 spiro atoms. The van der Waals surface area contributed by atoms with Crippen LogP contribution in [0.4, 0.5) is 0 Å². The summed E-state index contributed by atoms with van der Waals surface area (Å²) in [5, 5.41) is 2.87. The third-order valence-corrected chi connectivity index (χ3v) is 2.88. The number of aromatic nitrogens is 3. The van der Waals surface area contributed by atoms with Gasteiger partial charge in [0.2, 0.25) is 0 Å². The minimum absolute atomic E-state index is 0. The Labute approximate surface area is 121 Å². The fraction of sp³-hybridized carbons (Fsp3) is 0.0714. The Bertz CT molecular complexity index is 711. The van der Waals surface area contributed by atoms with Crippen LogP contribution < -0.4 is 5.32 Å². The van der Waals surface area contributed by atoms with Gasteiger partial charge in [0, 0.05) is 24.5 Å². The third kappa shape index (κ3) is 2.95. The number of rotatable bonds is 3. The molecule has 20 heavy (non-hydrogen) atoms. The lowest BCUT2D eigenvalue weighted by atomic mass is 10.2. The van der Waals surface area contributed by atoms with E-state index in [1.165, 1.54) is 0 Å². The number of benzene rings is 1. The third-order valence-electron chi connectivity index (χ3n) is 2.88. The van der Waals surface area contributed by atoms with E-state index >= 15 is 0 Å².